The first-order valence-corrected chi connectivity index (χ1v) is 13.9. The monoisotopic (exact) mass is 560 g/mol. The molecule has 0 fully saturated rings. The van der Waals surface area contributed by atoms with Crippen LogP contribution in [0.2, 0.25) is 0 Å². The number of carbonyl (C=O) groups excluding carboxylic acids is 2. The van der Waals surface area contributed by atoms with Crippen molar-refractivity contribution >= 4 is 28.6 Å². The lowest BCUT2D eigenvalue weighted by Gasteiger charge is -2.35. The van der Waals surface area contributed by atoms with Gasteiger partial charge >= 0.3 is 6.09 Å². The number of halogens is 1. The van der Waals surface area contributed by atoms with E-state index < -0.39 is 17.7 Å². The standard InChI is InChI=1S/C31H37FN6O3/c1-17-13-23(14-18(2)27(17)32)38-29(26-20(4)37(12-11-24(26)35-38)30(40)41-31(5,6)7)34-19(3)28(39)21-9-10-25-22(15-21)16-33-36(25)8/h9-10,13-16,19-20,34H,11-12H2,1-8H3/t19?,20-/m0/s1. The molecule has 9 nitrogen and oxygen atoms in total. The summed E-state index contributed by atoms with van der Waals surface area (Å²) in [5, 5.41) is 13.5. The van der Waals surface area contributed by atoms with Gasteiger partial charge in [0.05, 0.1) is 35.2 Å². The summed E-state index contributed by atoms with van der Waals surface area (Å²) in [6.07, 6.45) is 1.85. The first-order chi connectivity index (χ1) is 19.2. The maximum atomic E-state index is 14.6. The predicted octanol–water partition coefficient (Wildman–Crippen LogP) is 6.05. The van der Waals surface area contributed by atoms with Crippen LogP contribution in [0.4, 0.5) is 15.0 Å². The van der Waals surface area contributed by atoms with E-state index in [4.69, 9.17) is 9.84 Å². The van der Waals surface area contributed by atoms with Crippen molar-refractivity contribution in [2.24, 2.45) is 7.05 Å². The molecule has 1 aliphatic rings. The van der Waals surface area contributed by atoms with E-state index in [9.17, 15) is 14.0 Å². The molecule has 5 rings (SSSR count). The number of aryl methyl sites for hydroxylation is 3. The Balaban J connectivity index is 1.56. The van der Waals surface area contributed by atoms with Gasteiger partial charge in [-0.25, -0.2) is 13.9 Å². The summed E-state index contributed by atoms with van der Waals surface area (Å²) in [6.45, 7) is 13.1. The molecule has 10 heteroatoms. The lowest BCUT2D eigenvalue weighted by atomic mass is 9.98. The number of ether oxygens (including phenoxy) is 1. The Kier molecular flexibility index (Phi) is 7.13. The molecule has 2 aromatic heterocycles. The van der Waals surface area contributed by atoms with Gasteiger partial charge in [-0.1, -0.05) is 0 Å². The molecule has 0 saturated carbocycles. The van der Waals surface area contributed by atoms with Crippen molar-refractivity contribution in [3.63, 3.8) is 0 Å². The molecule has 2 aromatic carbocycles. The maximum absolute atomic E-state index is 14.6. The first-order valence-electron chi connectivity index (χ1n) is 13.9. The number of rotatable bonds is 5. The summed E-state index contributed by atoms with van der Waals surface area (Å²) in [6, 6.07) is 8.01. The van der Waals surface area contributed by atoms with Crippen LogP contribution < -0.4 is 5.32 Å². The SMILES string of the molecule is Cc1cc(-n2nc3c(c2NC(C)C(=O)c2ccc4c(cnn4C)c2)[C@H](C)N(C(=O)OC(C)(C)C)CC3)cc(C)c1F. The highest BCUT2D eigenvalue weighted by Crippen LogP contribution is 2.38. The van der Waals surface area contributed by atoms with Crippen molar-refractivity contribution in [2.45, 2.75) is 72.6 Å². The molecule has 1 amide bonds. The summed E-state index contributed by atoms with van der Waals surface area (Å²) in [5.41, 5.74) is 4.15. The van der Waals surface area contributed by atoms with Crippen LogP contribution in [0.15, 0.2) is 36.5 Å². The van der Waals surface area contributed by atoms with E-state index in [1.807, 2.05) is 46.9 Å². The van der Waals surface area contributed by atoms with Crippen LogP contribution >= 0.6 is 0 Å². The topological polar surface area (TPSA) is 94.3 Å². The van der Waals surface area contributed by atoms with Gasteiger partial charge in [-0.15, -0.1) is 0 Å². The Bertz CT molecular complexity index is 1640. The second-order valence-corrected chi connectivity index (χ2v) is 11.9. The van der Waals surface area contributed by atoms with E-state index in [-0.39, 0.29) is 17.6 Å². The minimum atomic E-state index is -0.637. The summed E-state index contributed by atoms with van der Waals surface area (Å²) in [4.78, 5) is 28.5. The smallest absolute Gasteiger partial charge is 0.410 e. The molecule has 1 aliphatic heterocycles. The molecule has 0 spiro atoms. The molecular weight excluding hydrogens is 523 g/mol. The molecular formula is C31H37FN6O3. The number of benzene rings is 2. The molecule has 216 valence electrons. The van der Waals surface area contributed by atoms with Crippen LogP contribution in [-0.4, -0.2) is 54.5 Å². The molecule has 41 heavy (non-hydrogen) atoms. The molecule has 2 atom stereocenters. The third kappa shape index (κ3) is 5.30. The quantitative estimate of drug-likeness (QED) is 0.299. The number of ketones is 1. The minimum absolute atomic E-state index is 0.101. The average Bonchev–Trinajstić information content (AvgIpc) is 3.46. The van der Waals surface area contributed by atoms with Crippen LogP contribution in [0.1, 0.15) is 73.4 Å². The normalized spacial score (nSPS) is 16.0. The fourth-order valence-corrected chi connectivity index (χ4v) is 5.45. The third-order valence-electron chi connectivity index (χ3n) is 7.54. The van der Waals surface area contributed by atoms with Gasteiger partial charge in [-0.2, -0.15) is 10.2 Å². The van der Waals surface area contributed by atoms with E-state index in [0.717, 1.165) is 22.2 Å². The molecule has 0 saturated heterocycles. The minimum Gasteiger partial charge on any atom is -0.444 e. The van der Waals surface area contributed by atoms with Gasteiger partial charge in [0.25, 0.3) is 0 Å². The van der Waals surface area contributed by atoms with E-state index in [1.165, 1.54) is 0 Å². The van der Waals surface area contributed by atoms with Gasteiger partial charge < -0.3 is 15.0 Å². The molecule has 3 heterocycles. The summed E-state index contributed by atoms with van der Waals surface area (Å²) >= 11 is 0. The van der Waals surface area contributed by atoms with E-state index in [1.54, 1.807) is 59.4 Å². The molecule has 0 radical (unpaired) electrons. The summed E-state index contributed by atoms with van der Waals surface area (Å²) < 4.78 is 23.7. The summed E-state index contributed by atoms with van der Waals surface area (Å²) in [5.74, 6) is 0.227. The molecule has 4 aromatic rings. The van der Waals surface area contributed by atoms with Crippen molar-refractivity contribution < 1.29 is 18.7 Å². The number of hydrogen-bond donors (Lipinski definition) is 1. The van der Waals surface area contributed by atoms with E-state index in [2.05, 4.69) is 10.4 Å². The maximum Gasteiger partial charge on any atom is 0.410 e. The zero-order valence-corrected chi connectivity index (χ0v) is 24.9. The van der Waals surface area contributed by atoms with Gasteiger partial charge in [0.2, 0.25) is 0 Å². The van der Waals surface area contributed by atoms with Gasteiger partial charge in [-0.3, -0.25) is 9.48 Å². The Morgan fingerprint density at radius 1 is 1.15 bits per heavy atom. The predicted molar refractivity (Wildman–Crippen MR) is 156 cm³/mol. The lowest BCUT2D eigenvalue weighted by molar-refractivity contribution is 0.0160. The van der Waals surface area contributed by atoms with Crippen molar-refractivity contribution in [1.82, 2.24) is 24.5 Å². The van der Waals surface area contributed by atoms with Crippen LogP contribution in [-0.2, 0) is 18.2 Å². The Morgan fingerprint density at radius 2 is 1.83 bits per heavy atom. The molecule has 1 unspecified atom stereocenters. The second kappa shape index (κ2) is 10.3. The molecule has 0 aliphatic carbocycles. The lowest BCUT2D eigenvalue weighted by Crippen LogP contribution is -2.42. The number of Topliss-reactive ketones (excluding diaryl/α,β-unsaturated/α-hetero) is 1. The van der Waals surface area contributed by atoms with E-state index in [0.29, 0.717) is 41.2 Å². The van der Waals surface area contributed by atoms with Gasteiger partial charge in [-0.05, 0) is 89.9 Å². The zero-order valence-electron chi connectivity index (χ0n) is 24.9. The number of carbonyl (C=O) groups is 2. The van der Waals surface area contributed by atoms with Crippen molar-refractivity contribution in [3.8, 4) is 5.69 Å². The van der Waals surface area contributed by atoms with Crippen molar-refractivity contribution in [2.75, 3.05) is 11.9 Å². The van der Waals surface area contributed by atoms with Crippen LogP contribution in [0, 0.1) is 19.7 Å². The number of anilines is 1. The molecule has 1 N–H and O–H groups in total. The Morgan fingerprint density at radius 3 is 2.49 bits per heavy atom. The fraction of sp³-hybridized carbons (Fsp3) is 0.419. The highest BCUT2D eigenvalue weighted by Gasteiger charge is 2.36. The van der Waals surface area contributed by atoms with Crippen LogP contribution in [0.25, 0.3) is 16.6 Å². The van der Waals surface area contributed by atoms with Crippen molar-refractivity contribution in [3.05, 3.63) is 70.3 Å². The number of amides is 1. The number of hydrogen-bond acceptors (Lipinski definition) is 6. The number of fused-ring (bicyclic) bond motifs is 2. The number of nitrogens with zero attached hydrogens (tertiary/aromatic N) is 5. The van der Waals surface area contributed by atoms with Gasteiger partial charge in [0.1, 0.15) is 17.2 Å². The highest BCUT2D eigenvalue weighted by atomic mass is 19.1. The van der Waals surface area contributed by atoms with Gasteiger partial charge in [0, 0.05) is 36.5 Å². The zero-order chi connectivity index (χ0) is 29.8. The molecule has 0 bridgehead atoms. The van der Waals surface area contributed by atoms with E-state index >= 15 is 0 Å². The van der Waals surface area contributed by atoms with Crippen molar-refractivity contribution in [1.29, 1.82) is 0 Å². The van der Waals surface area contributed by atoms with Crippen LogP contribution in [0.3, 0.4) is 0 Å². The number of nitrogens with one attached hydrogen (secondary N) is 1. The largest absolute Gasteiger partial charge is 0.444 e. The first kappa shape index (κ1) is 28.3. The van der Waals surface area contributed by atoms with Gasteiger partial charge in [0.15, 0.2) is 5.78 Å². The second-order valence-electron chi connectivity index (χ2n) is 11.9. The van der Waals surface area contributed by atoms with Crippen LogP contribution in [0.5, 0.6) is 0 Å². The Hall–Kier alpha value is -4.21. The fourth-order valence-electron chi connectivity index (χ4n) is 5.45. The third-order valence-corrected chi connectivity index (χ3v) is 7.54. The summed E-state index contributed by atoms with van der Waals surface area (Å²) in [7, 11) is 1.86. The average molecular weight is 561 g/mol. The Labute approximate surface area is 239 Å². The number of aromatic nitrogens is 4. The highest BCUT2D eigenvalue weighted by molar-refractivity contribution is 6.03.